The molecule has 0 aromatic heterocycles. The summed E-state index contributed by atoms with van der Waals surface area (Å²) in [5, 5.41) is 0. The first-order valence-electron chi connectivity index (χ1n) is 0.667. The van der Waals surface area contributed by atoms with Crippen molar-refractivity contribution in [3.8, 4) is 0 Å². The molecule has 7 heavy (non-hydrogen) atoms. The molecular weight excluding hydrogens is 217 g/mol. The zero-order valence-corrected chi connectivity index (χ0v) is 7.99. The van der Waals surface area contributed by atoms with Gasteiger partial charge in [0.2, 0.25) is 0 Å². The average molecular weight is 217 g/mol. The van der Waals surface area contributed by atoms with Crippen molar-refractivity contribution in [1.29, 1.82) is 0 Å². The average Bonchev–Trinajstić information content (AvgIpc) is 0.722. The van der Waals surface area contributed by atoms with Gasteiger partial charge in [0.05, 0.1) is 0 Å². The minimum atomic E-state index is -5.17. The van der Waals surface area contributed by atoms with E-state index in [1.165, 1.54) is 0 Å². The zero-order valence-electron chi connectivity index (χ0n) is 3.10. The SMILES string of the molecule is O=S(=O)([O-])[O-].[Fe+2].[Zn+2]. The zero-order chi connectivity index (χ0) is 4.50. The van der Waals surface area contributed by atoms with E-state index in [4.69, 9.17) is 17.5 Å². The molecule has 0 aliphatic heterocycles. The van der Waals surface area contributed by atoms with Crippen molar-refractivity contribution in [2.45, 2.75) is 0 Å². The summed E-state index contributed by atoms with van der Waals surface area (Å²) in [5.41, 5.74) is 0. The largest absolute Gasteiger partial charge is 2.00 e. The van der Waals surface area contributed by atoms with Gasteiger partial charge in [0.25, 0.3) is 0 Å². The molecule has 0 unspecified atom stereocenters. The van der Waals surface area contributed by atoms with Gasteiger partial charge < -0.3 is 9.11 Å². The van der Waals surface area contributed by atoms with Gasteiger partial charge in [-0.05, 0) is 0 Å². The smallest absolute Gasteiger partial charge is 0.759 e. The van der Waals surface area contributed by atoms with Crippen molar-refractivity contribution < 1.29 is 54.1 Å². The summed E-state index contributed by atoms with van der Waals surface area (Å²) in [5.74, 6) is 0. The first-order chi connectivity index (χ1) is 2.00. The quantitative estimate of drug-likeness (QED) is 0.286. The number of hydrogen-bond acceptors (Lipinski definition) is 4. The van der Waals surface area contributed by atoms with Crippen molar-refractivity contribution in [3.05, 3.63) is 0 Å². The summed E-state index contributed by atoms with van der Waals surface area (Å²) < 4.78 is 34.1. The van der Waals surface area contributed by atoms with E-state index in [0.29, 0.717) is 0 Å². The molecule has 0 aromatic rings. The van der Waals surface area contributed by atoms with Crippen molar-refractivity contribution in [2.24, 2.45) is 0 Å². The van der Waals surface area contributed by atoms with Crippen LogP contribution in [0.5, 0.6) is 0 Å². The minimum Gasteiger partial charge on any atom is -0.759 e. The second-order valence-corrected chi connectivity index (χ2v) is 1.22. The maximum Gasteiger partial charge on any atom is 2.00 e. The maximum absolute atomic E-state index is 8.52. The third kappa shape index (κ3) is 172. The van der Waals surface area contributed by atoms with E-state index in [9.17, 15) is 0 Å². The predicted octanol–water partition coefficient (Wildman–Crippen LogP) is -1.34. The Labute approximate surface area is 64.5 Å². The van der Waals surface area contributed by atoms with Gasteiger partial charge >= 0.3 is 36.5 Å². The Kier molecular flexibility index (Phi) is 11.5. The Morgan fingerprint density at radius 1 is 1.14 bits per heavy atom. The molecule has 0 saturated heterocycles. The molecule has 0 N–H and O–H groups in total. The predicted molar refractivity (Wildman–Crippen MR) is 10.5 cm³/mol. The van der Waals surface area contributed by atoms with Gasteiger partial charge in [0.15, 0.2) is 0 Å². The Morgan fingerprint density at radius 2 is 1.14 bits per heavy atom. The normalized spacial score (nSPS) is 8.29. The van der Waals surface area contributed by atoms with Gasteiger partial charge in [-0.15, -0.1) is 0 Å². The van der Waals surface area contributed by atoms with Crippen LogP contribution < -0.4 is 0 Å². The fourth-order valence-corrected chi connectivity index (χ4v) is 0. The van der Waals surface area contributed by atoms with E-state index >= 15 is 0 Å². The Morgan fingerprint density at radius 3 is 1.14 bits per heavy atom. The molecule has 0 aliphatic rings. The van der Waals surface area contributed by atoms with Crippen molar-refractivity contribution in [3.63, 3.8) is 0 Å². The van der Waals surface area contributed by atoms with Crippen LogP contribution in [0.15, 0.2) is 0 Å². The summed E-state index contributed by atoms with van der Waals surface area (Å²) >= 11 is 0. The van der Waals surface area contributed by atoms with Gasteiger partial charge in [-0.25, -0.2) is 0 Å². The molecule has 0 spiro atoms. The van der Waals surface area contributed by atoms with Crippen LogP contribution in [0.4, 0.5) is 0 Å². The minimum absolute atomic E-state index is 0. The maximum atomic E-state index is 8.52. The Bertz CT molecular complexity index is 94.9. The molecule has 0 heterocycles. The van der Waals surface area contributed by atoms with Crippen LogP contribution in [0.25, 0.3) is 0 Å². The molecule has 0 rings (SSSR count). The van der Waals surface area contributed by atoms with E-state index in [1.54, 1.807) is 0 Å². The van der Waals surface area contributed by atoms with E-state index in [1.807, 2.05) is 0 Å². The van der Waals surface area contributed by atoms with E-state index in [0.717, 1.165) is 0 Å². The van der Waals surface area contributed by atoms with Crippen LogP contribution in [0, 0.1) is 0 Å². The Balaban J connectivity index is -0.0000000800. The fourth-order valence-electron chi connectivity index (χ4n) is 0. The van der Waals surface area contributed by atoms with Crippen LogP contribution in [0.3, 0.4) is 0 Å². The third-order valence-electron chi connectivity index (χ3n) is 0. The van der Waals surface area contributed by atoms with Gasteiger partial charge in [-0.2, -0.15) is 0 Å². The summed E-state index contributed by atoms with van der Waals surface area (Å²) in [7, 11) is -5.17. The molecule has 4 nitrogen and oxygen atoms in total. The first kappa shape index (κ1) is 15.7. The van der Waals surface area contributed by atoms with Crippen molar-refractivity contribution >= 4 is 10.4 Å². The van der Waals surface area contributed by atoms with Crippen LogP contribution in [0.1, 0.15) is 0 Å². The number of rotatable bonds is 0. The Hall–Kier alpha value is 1.01. The summed E-state index contributed by atoms with van der Waals surface area (Å²) in [6.45, 7) is 0. The second kappa shape index (κ2) is 5.16. The molecule has 0 bridgehead atoms. The van der Waals surface area contributed by atoms with Crippen molar-refractivity contribution in [2.75, 3.05) is 0 Å². The first-order valence-corrected chi connectivity index (χ1v) is 2.00. The third-order valence-corrected chi connectivity index (χ3v) is 0. The standard InChI is InChI=1S/Fe.H2O4S.Zn/c;1-5(2,3)4;/h;(H2,1,2,3,4);/q+2;;+2/p-2. The molecule has 0 fully saturated rings. The summed E-state index contributed by atoms with van der Waals surface area (Å²) in [4.78, 5) is 0. The second-order valence-electron chi connectivity index (χ2n) is 0.408. The molecule has 0 saturated carbocycles. The molecular formula is FeO4SZn+2. The van der Waals surface area contributed by atoms with Crippen molar-refractivity contribution in [1.82, 2.24) is 0 Å². The fraction of sp³-hybridized carbons (Fsp3) is 0. The van der Waals surface area contributed by atoms with Gasteiger partial charge in [-0.3, -0.25) is 8.42 Å². The van der Waals surface area contributed by atoms with Gasteiger partial charge in [0.1, 0.15) is 0 Å². The molecule has 0 aliphatic carbocycles. The summed E-state index contributed by atoms with van der Waals surface area (Å²) in [6.07, 6.45) is 0. The van der Waals surface area contributed by atoms with Crippen LogP contribution in [-0.4, -0.2) is 17.5 Å². The monoisotopic (exact) mass is 216 g/mol. The molecule has 38 valence electrons. The molecule has 7 heteroatoms. The van der Waals surface area contributed by atoms with Crippen LogP contribution in [-0.2, 0) is 46.9 Å². The van der Waals surface area contributed by atoms with Crippen LogP contribution in [0.2, 0.25) is 0 Å². The molecule has 0 atom stereocenters. The van der Waals surface area contributed by atoms with E-state index < -0.39 is 10.4 Å². The summed E-state index contributed by atoms with van der Waals surface area (Å²) in [6, 6.07) is 0. The van der Waals surface area contributed by atoms with E-state index in [2.05, 4.69) is 0 Å². The molecule has 0 aromatic carbocycles. The van der Waals surface area contributed by atoms with E-state index in [-0.39, 0.29) is 36.5 Å². The van der Waals surface area contributed by atoms with Gasteiger partial charge in [-0.1, -0.05) is 0 Å². The topological polar surface area (TPSA) is 80.3 Å². The number of hydrogen-bond donors (Lipinski definition) is 0. The molecule has 0 radical (unpaired) electrons. The molecule has 0 amide bonds. The van der Waals surface area contributed by atoms with Crippen LogP contribution >= 0.6 is 0 Å². The van der Waals surface area contributed by atoms with Gasteiger partial charge in [0, 0.05) is 10.4 Å².